The van der Waals surface area contributed by atoms with Crippen molar-refractivity contribution in [1.82, 2.24) is 4.90 Å². The van der Waals surface area contributed by atoms with Crippen LogP contribution in [0.3, 0.4) is 0 Å². The minimum Gasteiger partial charge on any atom is -0.342 e. The van der Waals surface area contributed by atoms with Gasteiger partial charge in [-0.3, -0.25) is 4.79 Å². The Hall–Kier alpha value is -0.540. The molecule has 0 bridgehead atoms. The second kappa shape index (κ2) is 6.04. The number of alkyl halides is 1. The van der Waals surface area contributed by atoms with Crippen molar-refractivity contribution in [1.29, 1.82) is 0 Å². The molecule has 0 fully saturated rings. The predicted molar refractivity (Wildman–Crippen MR) is 61.0 cm³/mol. The number of nitrogens with zero attached hydrogens (tertiary/aromatic N) is 1. The van der Waals surface area contributed by atoms with Crippen molar-refractivity contribution in [3.63, 3.8) is 0 Å². The Labute approximate surface area is 93.5 Å². The molecule has 1 heterocycles. The summed E-state index contributed by atoms with van der Waals surface area (Å²) >= 11 is 7.22. The lowest BCUT2D eigenvalue weighted by molar-refractivity contribution is -0.128. The van der Waals surface area contributed by atoms with Crippen LogP contribution in [0.4, 0.5) is 0 Å². The molecule has 2 nitrogen and oxygen atoms in total. The van der Waals surface area contributed by atoms with Gasteiger partial charge < -0.3 is 4.90 Å². The molecule has 0 atom stereocenters. The lowest BCUT2D eigenvalue weighted by Crippen LogP contribution is -2.33. The van der Waals surface area contributed by atoms with Gasteiger partial charge in [-0.1, -0.05) is 6.07 Å². The number of carbonyl (C=O) groups excluding carboxylic acids is 1. The van der Waals surface area contributed by atoms with E-state index in [9.17, 15) is 4.79 Å². The van der Waals surface area contributed by atoms with E-state index >= 15 is 0 Å². The molecule has 0 saturated carbocycles. The zero-order valence-electron chi connectivity index (χ0n) is 8.20. The van der Waals surface area contributed by atoms with Gasteiger partial charge >= 0.3 is 0 Å². The first-order valence-electron chi connectivity index (χ1n) is 4.64. The first-order valence-corrected chi connectivity index (χ1v) is 6.05. The maximum atomic E-state index is 11.3. The molecule has 4 heteroatoms. The van der Waals surface area contributed by atoms with Crippen molar-refractivity contribution in [3.8, 4) is 0 Å². The highest BCUT2D eigenvalue weighted by Gasteiger charge is 2.09. The predicted octanol–water partition coefficient (Wildman–Crippen LogP) is 2.38. The van der Waals surface area contributed by atoms with E-state index in [1.165, 1.54) is 4.88 Å². The summed E-state index contributed by atoms with van der Waals surface area (Å²) in [6.45, 7) is 3.47. The van der Waals surface area contributed by atoms with Gasteiger partial charge in [0.25, 0.3) is 0 Å². The van der Waals surface area contributed by atoms with E-state index in [-0.39, 0.29) is 11.8 Å². The molecule has 0 aliphatic rings. The van der Waals surface area contributed by atoms with Crippen LogP contribution in [0.2, 0.25) is 0 Å². The quantitative estimate of drug-likeness (QED) is 0.713. The van der Waals surface area contributed by atoms with Crippen molar-refractivity contribution in [2.75, 3.05) is 19.0 Å². The van der Waals surface area contributed by atoms with Crippen molar-refractivity contribution < 1.29 is 4.79 Å². The van der Waals surface area contributed by atoms with E-state index in [1.807, 2.05) is 13.0 Å². The fourth-order valence-electron chi connectivity index (χ4n) is 1.24. The van der Waals surface area contributed by atoms with E-state index in [1.54, 1.807) is 16.2 Å². The minimum absolute atomic E-state index is 0.0192. The molecule has 0 aliphatic carbocycles. The van der Waals surface area contributed by atoms with Crippen LogP contribution in [0.15, 0.2) is 17.5 Å². The Bertz CT molecular complexity index is 274. The number of amides is 1. The number of likely N-dealkylation sites (N-methyl/N-ethyl adjacent to an activating group) is 1. The Morgan fingerprint density at radius 3 is 2.93 bits per heavy atom. The number of halogens is 1. The van der Waals surface area contributed by atoms with Crippen LogP contribution in [0.1, 0.15) is 11.8 Å². The monoisotopic (exact) mass is 231 g/mol. The van der Waals surface area contributed by atoms with Crippen LogP contribution in [-0.4, -0.2) is 29.8 Å². The smallest absolute Gasteiger partial charge is 0.237 e. The van der Waals surface area contributed by atoms with Gasteiger partial charge in [0.15, 0.2) is 0 Å². The lowest BCUT2D eigenvalue weighted by atomic mass is 10.3. The molecule has 0 unspecified atom stereocenters. The summed E-state index contributed by atoms with van der Waals surface area (Å²) in [6.07, 6.45) is 0.925. The average Bonchev–Trinajstić information content (AvgIpc) is 2.71. The fraction of sp³-hybridized carbons (Fsp3) is 0.500. The van der Waals surface area contributed by atoms with Gasteiger partial charge in [-0.2, -0.15) is 0 Å². The number of hydrogen-bond acceptors (Lipinski definition) is 2. The van der Waals surface area contributed by atoms with Gasteiger partial charge in [0.1, 0.15) is 5.88 Å². The Morgan fingerprint density at radius 1 is 1.64 bits per heavy atom. The van der Waals surface area contributed by atoms with E-state index in [2.05, 4.69) is 11.4 Å². The standard InChI is InChI=1S/C10H14ClNOS/c1-2-12(10(13)8-11)6-5-9-4-3-7-14-9/h3-4,7H,2,5-6,8H2,1H3. The number of rotatable bonds is 5. The second-order valence-corrected chi connectivity index (χ2v) is 4.24. The van der Waals surface area contributed by atoms with Gasteiger partial charge in [0, 0.05) is 18.0 Å². The molecule has 14 heavy (non-hydrogen) atoms. The summed E-state index contributed by atoms with van der Waals surface area (Å²) in [7, 11) is 0. The van der Waals surface area contributed by atoms with Crippen LogP contribution in [0.5, 0.6) is 0 Å². The highest BCUT2D eigenvalue weighted by atomic mass is 35.5. The lowest BCUT2D eigenvalue weighted by Gasteiger charge is -2.18. The Kier molecular flexibility index (Phi) is 4.98. The van der Waals surface area contributed by atoms with Crippen LogP contribution in [0.25, 0.3) is 0 Å². The topological polar surface area (TPSA) is 20.3 Å². The summed E-state index contributed by atoms with van der Waals surface area (Å²) < 4.78 is 0. The van der Waals surface area contributed by atoms with E-state index < -0.39 is 0 Å². The zero-order valence-corrected chi connectivity index (χ0v) is 9.77. The maximum absolute atomic E-state index is 11.3. The van der Waals surface area contributed by atoms with Crippen molar-refractivity contribution in [3.05, 3.63) is 22.4 Å². The molecule has 1 rings (SSSR count). The third kappa shape index (κ3) is 3.31. The Morgan fingerprint density at radius 2 is 2.43 bits per heavy atom. The van der Waals surface area contributed by atoms with Crippen molar-refractivity contribution in [2.45, 2.75) is 13.3 Å². The van der Waals surface area contributed by atoms with Gasteiger partial charge in [0.05, 0.1) is 0 Å². The summed E-state index contributed by atoms with van der Waals surface area (Å²) in [5, 5.41) is 2.05. The van der Waals surface area contributed by atoms with Crippen LogP contribution >= 0.6 is 22.9 Å². The molecule has 0 N–H and O–H groups in total. The zero-order chi connectivity index (χ0) is 10.4. The normalized spacial score (nSPS) is 10.1. The van der Waals surface area contributed by atoms with Crippen LogP contribution in [-0.2, 0) is 11.2 Å². The summed E-state index contributed by atoms with van der Waals surface area (Å²) in [6, 6.07) is 4.11. The van der Waals surface area contributed by atoms with Gasteiger partial charge in [-0.05, 0) is 24.8 Å². The Balaban J connectivity index is 2.38. The molecule has 1 aromatic heterocycles. The van der Waals surface area contributed by atoms with E-state index in [0.29, 0.717) is 0 Å². The van der Waals surface area contributed by atoms with Gasteiger partial charge in [0.2, 0.25) is 5.91 Å². The summed E-state index contributed by atoms with van der Waals surface area (Å²) in [5.74, 6) is 0.101. The number of hydrogen-bond donors (Lipinski definition) is 0. The second-order valence-electron chi connectivity index (χ2n) is 2.94. The molecule has 1 aromatic rings. The fourth-order valence-corrected chi connectivity index (χ4v) is 2.11. The van der Waals surface area contributed by atoms with Crippen molar-refractivity contribution >= 4 is 28.8 Å². The number of thiophene rings is 1. The summed E-state index contributed by atoms with van der Waals surface area (Å²) in [5.41, 5.74) is 0. The SMILES string of the molecule is CCN(CCc1cccs1)C(=O)CCl. The van der Waals surface area contributed by atoms with E-state index in [0.717, 1.165) is 19.5 Å². The maximum Gasteiger partial charge on any atom is 0.237 e. The average molecular weight is 232 g/mol. The molecule has 78 valence electrons. The largest absolute Gasteiger partial charge is 0.342 e. The molecule has 1 amide bonds. The van der Waals surface area contributed by atoms with Crippen molar-refractivity contribution in [2.24, 2.45) is 0 Å². The molecular weight excluding hydrogens is 218 g/mol. The molecule has 0 saturated heterocycles. The third-order valence-corrected chi connectivity index (χ3v) is 3.22. The highest BCUT2D eigenvalue weighted by molar-refractivity contribution is 7.09. The highest BCUT2D eigenvalue weighted by Crippen LogP contribution is 2.09. The van der Waals surface area contributed by atoms with Gasteiger partial charge in [-0.25, -0.2) is 0 Å². The number of carbonyl (C=O) groups is 1. The summed E-state index contributed by atoms with van der Waals surface area (Å²) in [4.78, 5) is 14.4. The van der Waals surface area contributed by atoms with Gasteiger partial charge in [-0.15, -0.1) is 22.9 Å². The van der Waals surface area contributed by atoms with Crippen LogP contribution in [0, 0.1) is 0 Å². The molecule has 0 aromatic carbocycles. The first-order chi connectivity index (χ1) is 6.77. The minimum atomic E-state index is 0.0192. The molecule has 0 aliphatic heterocycles. The third-order valence-electron chi connectivity index (χ3n) is 2.06. The molecule has 0 spiro atoms. The molecule has 0 radical (unpaired) electrons. The van der Waals surface area contributed by atoms with Crippen LogP contribution < -0.4 is 0 Å². The van der Waals surface area contributed by atoms with E-state index in [4.69, 9.17) is 11.6 Å². The first kappa shape index (κ1) is 11.5. The molecular formula is C10H14ClNOS.